The van der Waals surface area contributed by atoms with Crippen LogP contribution >= 0.6 is 0 Å². The first-order valence-corrected chi connectivity index (χ1v) is 11.5. The molecule has 0 aromatic heterocycles. The number of ether oxygens (including phenoxy) is 1. The average molecular weight is 422 g/mol. The maximum absolute atomic E-state index is 13.0. The third-order valence-corrected chi connectivity index (χ3v) is 6.06. The van der Waals surface area contributed by atoms with Crippen LogP contribution in [0.5, 0.6) is 5.75 Å². The number of rotatable bonds is 4. The molecule has 5 nitrogen and oxygen atoms in total. The van der Waals surface area contributed by atoms with E-state index in [4.69, 9.17) is 9.73 Å². The molecule has 0 bridgehead atoms. The molecule has 1 aliphatic heterocycles. The molecule has 0 N–H and O–H groups in total. The van der Waals surface area contributed by atoms with Crippen LogP contribution < -0.4 is 9.64 Å². The molecule has 2 aromatic rings. The Balaban J connectivity index is 0.00000132. The minimum atomic E-state index is 0.0281. The zero-order valence-electron chi connectivity index (χ0n) is 19.3. The van der Waals surface area contributed by atoms with Crippen molar-refractivity contribution >= 4 is 17.4 Å². The molecule has 2 aromatic carbocycles. The van der Waals surface area contributed by atoms with Gasteiger partial charge in [-0.1, -0.05) is 57.4 Å². The molecule has 1 saturated carbocycles. The van der Waals surface area contributed by atoms with Crippen molar-refractivity contribution in [2.24, 2.45) is 4.99 Å². The topological polar surface area (TPSA) is 45.1 Å². The van der Waals surface area contributed by atoms with Gasteiger partial charge in [-0.2, -0.15) is 0 Å². The van der Waals surface area contributed by atoms with Gasteiger partial charge < -0.3 is 14.5 Å². The fourth-order valence-electron chi connectivity index (χ4n) is 4.38. The van der Waals surface area contributed by atoms with Crippen molar-refractivity contribution in [3.63, 3.8) is 0 Å². The van der Waals surface area contributed by atoms with Gasteiger partial charge in [0.1, 0.15) is 18.1 Å². The fraction of sp³-hybridized carbons (Fsp3) is 0.462. The van der Waals surface area contributed by atoms with Crippen LogP contribution in [0.25, 0.3) is 0 Å². The lowest BCUT2D eigenvalue weighted by Crippen LogP contribution is -2.39. The Labute approximate surface area is 186 Å². The van der Waals surface area contributed by atoms with Crippen LogP contribution in [-0.2, 0) is 11.3 Å². The number of amidine groups is 1. The van der Waals surface area contributed by atoms with E-state index in [9.17, 15) is 4.79 Å². The number of fused-ring (bicyclic) bond motifs is 1. The number of aliphatic imine (C=N–C) groups is 1. The number of benzene rings is 2. The Morgan fingerprint density at radius 3 is 2.39 bits per heavy atom. The van der Waals surface area contributed by atoms with Crippen LogP contribution in [0.2, 0.25) is 0 Å². The van der Waals surface area contributed by atoms with Crippen LogP contribution in [0, 0.1) is 0 Å². The molecule has 1 aliphatic carbocycles. The number of amides is 1. The molecule has 5 heteroatoms. The molecule has 2 aliphatic rings. The third kappa shape index (κ3) is 5.27. The molecule has 0 atom stereocenters. The van der Waals surface area contributed by atoms with E-state index in [1.54, 1.807) is 7.11 Å². The van der Waals surface area contributed by atoms with E-state index in [-0.39, 0.29) is 12.5 Å². The summed E-state index contributed by atoms with van der Waals surface area (Å²) in [5.74, 6) is 1.79. The molecule has 0 unspecified atom stereocenters. The van der Waals surface area contributed by atoms with Gasteiger partial charge in [-0.3, -0.25) is 9.79 Å². The molecular formula is C26H35N3O2. The molecular weight excluding hydrogens is 386 g/mol. The van der Waals surface area contributed by atoms with Gasteiger partial charge in [-0.15, -0.1) is 0 Å². The Hall–Kier alpha value is -2.82. The summed E-state index contributed by atoms with van der Waals surface area (Å²) in [4.78, 5) is 22.0. The largest absolute Gasteiger partial charge is 0.497 e. The SMILES string of the molecule is CC.COc1ccc(CN2C(=O)CN=C(N(C)C3CCCCC3)c3ccccc32)cc1. The number of hydrogen-bond acceptors (Lipinski definition) is 4. The minimum absolute atomic E-state index is 0.0281. The monoisotopic (exact) mass is 421 g/mol. The van der Waals surface area contributed by atoms with Crippen molar-refractivity contribution in [1.29, 1.82) is 0 Å². The predicted octanol–water partition coefficient (Wildman–Crippen LogP) is 5.28. The van der Waals surface area contributed by atoms with E-state index in [1.807, 2.05) is 61.2 Å². The molecule has 0 saturated heterocycles. The van der Waals surface area contributed by atoms with Gasteiger partial charge in [-0.05, 0) is 42.7 Å². The summed E-state index contributed by atoms with van der Waals surface area (Å²) in [7, 11) is 3.79. The van der Waals surface area contributed by atoms with Gasteiger partial charge in [0.2, 0.25) is 5.91 Å². The van der Waals surface area contributed by atoms with Gasteiger partial charge in [0.25, 0.3) is 0 Å². The van der Waals surface area contributed by atoms with Gasteiger partial charge in [0.15, 0.2) is 0 Å². The first-order chi connectivity index (χ1) is 15.2. The van der Waals surface area contributed by atoms with Crippen molar-refractivity contribution in [2.75, 3.05) is 25.6 Å². The number of methoxy groups -OCH3 is 1. The van der Waals surface area contributed by atoms with Crippen LogP contribution in [-0.4, -0.2) is 43.4 Å². The Bertz CT molecular complexity index is 886. The standard InChI is InChI=1S/C24H29N3O2.C2H6/c1-26(19-8-4-3-5-9-19)24-21-10-6-7-11-22(21)27(23(28)16-25-24)17-18-12-14-20(29-2)15-13-18;1-2/h6-7,10-15,19H,3-5,8-9,16-17H2,1-2H3;1-2H3. The predicted molar refractivity (Wildman–Crippen MR) is 128 cm³/mol. The quantitative estimate of drug-likeness (QED) is 0.675. The summed E-state index contributed by atoms with van der Waals surface area (Å²) in [5, 5.41) is 0. The van der Waals surface area contributed by atoms with Crippen molar-refractivity contribution in [2.45, 2.75) is 58.5 Å². The van der Waals surface area contributed by atoms with Crippen LogP contribution in [0.3, 0.4) is 0 Å². The lowest BCUT2D eigenvalue weighted by molar-refractivity contribution is -0.117. The highest BCUT2D eigenvalue weighted by Crippen LogP contribution is 2.30. The van der Waals surface area contributed by atoms with Crippen molar-refractivity contribution in [3.05, 3.63) is 59.7 Å². The molecule has 1 heterocycles. The molecule has 4 rings (SSSR count). The second-order valence-electron chi connectivity index (χ2n) is 7.89. The number of carbonyl (C=O) groups is 1. The van der Waals surface area contributed by atoms with Crippen molar-refractivity contribution in [3.8, 4) is 5.75 Å². The van der Waals surface area contributed by atoms with Crippen molar-refractivity contribution < 1.29 is 9.53 Å². The molecule has 1 fully saturated rings. The van der Waals surface area contributed by atoms with E-state index in [0.717, 1.165) is 28.4 Å². The molecule has 0 radical (unpaired) electrons. The van der Waals surface area contributed by atoms with E-state index < -0.39 is 0 Å². The van der Waals surface area contributed by atoms with E-state index >= 15 is 0 Å². The van der Waals surface area contributed by atoms with E-state index in [0.29, 0.717) is 12.6 Å². The lowest BCUT2D eigenvalue weighted by atomic mass is 9.94. The van der Waals surface area contributed by atoms with E-state index in [2.05, 4.69) is 18.0 Å². The maximum atomic E-state index is 13.0. The zero-order chi connectivity index (χ0) is 22.2. The maximum Gasteiger partial charge on any atom is 0.249 e. The Morgan fingerprint density at radius 2 is 1.71 bits per heavy atom. The molecule has 0 spiro atoms. The van der Waals surface area contributed by atoms with Gasteiger partial charge in [0.05, 0.1) is 19.3 Å². The Kier molecular flexibility index (Phi) is 8.10. The normalized spacial score (nSPS) is 16.5. The molecule has 31 heavy (non-hydrogen) atoms. The number of carbonyl (C=O) groups excluding carboxylic acids is 1. The fourth-order valence-corrected chi connectivity index (χ4v) is 4.38. The summed E-state index contributed by atoms with van der Waals surface area (Å²) in [6.45, 7) is 4.70. The first kappa shape index (κ1) is 22.9. The zero-order valence-corrected chi connectivity index (χ0v) is 19.3. The van der Waals surface area contributed by atoms with Crippen LogP contribution in [0.4, 0.5) is 5.69 Å². The minimum Gasteiger partial charge on any atom is -0.497 e. The average Bonchev–Trinajstić information content (AvgIpc) is 2.98. The number of para-hydroxylation sites is 1. The highest BCUT2D eigenvalue weighted by atomic mass is 16.5. The lowest BCUT2D eigenvalue weighted by Gasteiger charge is -2.34. The highest BCUT2D eigenvalue weighted by Gasteiger charge is 2.29. The number of anilines is 1. The summed E-state index contributed by atoms with van der Waals surface area (Å²) in [6, 6.07) is 16.5. The number of benzodiazepines with no additional fused rings is 1. The first-order valence-electron chi connectivity index (χ1n) is 11.5. The highest BCUT2D eigenvalue weighted by molar-refractivity contribution is 6.10. The second-order valence-corrected chi connectivity index (χ2v) is 7.89. The van der Waals surface area contributed by atoms with Gasteiger partial charge in [-0.25, -0.2) is 0 Å². The molecule has 166 valence electrons. The van der Waals surface area contributed by atoms with Crippen LogP contribution in [0.1, 0.15) is 57.1 Å². The van der Waals surface area contributed by atoms with Gasteiger partial charge >= 0.3 is 0 Å². The summed E-state index contributed by atoms with van der Waals surface area (Å²) in [6.07, 6.45) is 6.25. The van der Waals surface area contributed by atoms with Crippen LogP contribution in [0.15, 0.2) is 53.5 Å². The van der Waals surface area contributed by atoms with Crippen molar-refractivity contribution in [1.82, 2.24) is 4.90 Å². The third-order valence-electron chi connectivity index (χ3n) is 6.06. The summed E-state index contributed by atoms with van der Waals surface area (Å²) >= 11 is 0. The summed E-state index contributed by atoms with van der Waals surface area (Å²) in [5.41, 5.74) is 3.05. The van der Waals surface area contributed by atoms with Gasteiger partial charge in [0, 0.05) is 18.7 Å². The number of hydrogen-bond donors (Lipinski definition) is 0. The second kappa shape index (κ2) is 11.0. The Morgan fingerprint density at radius 1 is 1.03 bits per heavy atom. The number of nitrogens with zero attached hydrogens (tertiary/aromatic N) is 3. The van der Waals surface area contributed by atoms with E-state index in [1.165, 1.54) is 32.1 Å². The molecule has 1 amide bonds. The smallest absolute Gasteiger partial charge is 0.249 e. The summed E-state index contributed by atoms with van der Waals surface area (Å²) < 4.78 is 5.25.